The van der Waals surface area contributed by atoms with E-state index in [1.807, 2.05) is 13.0 Å². The van der Waals surface area contributed by atoms with Gasteiger partial charge in [-0.15, -0.1) is 0 Å². The van der Waals surface area contributed by atoms with E-state index in [9.17, 15) is 4.79 Å². The number of ether oxygens (including phenoxy) is 1. The number of carbonyl (C=O) groups excluding carboxylic acids is 1. The van der Waals surface area contributed by atoms with Gasteiger partial charge in [-0.3, -0.25) is 4.79 Å². The Morgan fingerprint density at radius 2 is 2.18 bits per heavy atom. The maximum atomic E-state index is 11.8. The van der Waals surface area contributed by atoms with Gasteiger partial charge in [-0.25, -0.2) is 0 Å². The molecule has 92 valence electrons. The lowest BCUT2D eigenvalue weighted by molar-refractivity contribution is 0.0981. The highest BCUT2D eigenvalue weighted by Crippen LogP contribution is 2.17. The topological polar surface area (TPSA) is 29.5 Å². The first-order valence-corrected chi connectivity index (χ1v) is 6.19. The number of ketones is 1. The first-order chi connectivity index (χ1) is 8.72. The number of anilines is 1. The Bertz CT molecular complexity index is 428. The third-order valence-electron chi connectivity index (χ3n) is 2.95. The zero-order chi connectivity index (χ0) is 13.0. The van der Waals surface area contributed by atoms with Crippen molar-refractivity contribution in [2.75, 3.05) is 31.2 Å². The van der Waals surface area contributed by atoms with Gasteiger partial charge in [-0.1, -0.05) is 6.92 Å². The summed E-state index contributed by atoms with van der Waals surface area (Å²) in [6.45, 7) is 5.13. The van der Waals surface area contributed by atoms with Crippen molar-refractivity contribution in [3.05, 3.63) is 29.8 Å². The van der Waals surface area contributed by atoms with E-state index in [1.165, 1.54) is 0 Å². The molecule has 1 aliphatic heterocycles. The lowest BCUT2D eigenvalue weighted by Gasteiger charge is -2.28. The third-order valence-corrected chi connectivity index (χ3v) is 2.95. The van der Waals surface area contributed by atoms with Crippen LogP contribution in [0.5, 0.6) is 0 Å². The summed E-state index contributed by atoms with van der Waals surface area (Å²) in [5.74, 6) is 0.0658. The maximum Gasteiger partial charge on any atom is 0.162 e. The highest BCUT2D eigenvalue weighted by Gasteiger charge is 2.11. The second kappa shape index (κ2) is 5.82. The predicted molar refractivity (Wildman–Crippen MR) is 68.7 cm³/mol. The molecule has 0 saturated carbocycles. The molecule has 17 heavy (non-hydrogen) atoms. The highest BCUT2D eigenvalue weighted by atomic mass is 16.5. The first kappa shape index (κ1) is 10.8. The van der Waals surface area contributed by atoms with Gasteiger partial charge in [0.1, 0.15) is 0 Å². The van der Waals surface area contributed by atoms with E-state index in [0.717, 1.165) is 38.4 Å². The van der Waals surface area contributed by atoms with Crippen LogP contribution < -0.4 is 4.90 Å². The van der Waals surface area contributed by atoms with Crippen LogP contribution in [0, 0.1) is 0 Å². The second-order valence-corrected chi connectivity index (χ2v) is 4.23. The van der Waals surface area contributed by atoms with E-state index in [4.69, 9.17) is 6.11 Å². The fourth-order valence-corrected chi connectivity index (χ4v) is 1.97. The molecule has 1 aromatic rings. The monoisotopic (exact) mass is 234 g/mol. The van der Waals surface area contributed by atoms with Gasteiger partial charge in [0.25, 0.3) is 0 Å². The molecule has 2 rings (SSSR count). The van der Waals surface area contributed by atoms with Gasteiger partial charge >= 0.3 is 0 Å². The van der Waals surface area contributed by atoms with Crippen molar-refractivity contribution >= 4 is 11.5 Å². The van der Waals surface area contributed by atoms with Crippen LogP contribution in [0.3, 0.4) is 0 Å². The summed E-state index contributed by atoms with van der Waals surface area (Å²) in [6, 6.07) is 5.84. The van der Waals surface area contributed by atoms with Crippen LogP contribution in [0.1, 0.15) is 31.5 Å². The number of morpholine rings is 1. The first-order valence-electron chi connectivity index (χ1n) is 6.69. The van der Waals surface area contributed by atoms with Crippen molar-refractivity contribution in [3.8, 4) is 0 Å². The third kappa shape index (κ3) is 3.07. The lowest BCUT2D eigenvalue weighted by atomic mass is 10.1. The molecular formula is C14H19NO2. The lowest BCUT2D eigenvalue weighted by Crippen LogP contribution is -2.36. The number of rotatable bonds is 4. The summed E-state index contributed by atoms with van der Waals surface area (Å²) in [5.41, 5.74) is 1.55. The van der Waals surface area contributed by atoms with E-state index in [2.05, 4.69) is 4.90 Å². The molecule has 0 atom stereocenters. The van der Waals surface area contributed by atoms with Crippen LogP contribution in [0.25, 0.3) is 0 Å². The van der Waals surface area contributed by atoms with Crippen molar-refractivity contribution in [3.63, 3.8) is 0 Å². The van der Waals surface area contributed by atoms with E-state index in [-0.39, 0.29) is 5.78 Å². The Morgan fingerprint density at radius 1 is 1.41 bits per heavy atom. The van der Waals surface area contributed by atoms with Crippen molar-refractivity contribution in [2.45, 2.75) is 19.8 Å². The molecule has 0 spiro atoms. The van der Waals surface area contributed by atoms with Gasteiger partial charge in [0.15, 0.2) is 5.78 Å². The molecule has 3 heteroatoms. The average Bonchev–Trinajstić information content (AvgIpc) is 2.40. The van der Waals surface area contributed by atoms with Crippen LogP contribution in [-0.2, 0) is 4.74 Å². The summed E-state index contributed by atoms with van der Waals surface area (Å²) in [5, 5.41) is 0. The number of nitrogens with zero attached hydrogens (tertiary/aromatic N) is 1. The average molecular weight is 234 g/mol. The largest absolute Gasteiger partial charge is 0.378 e. The number of hydrogen-bond donors (Lipinski definition) is 0. The van der Waals surface area contributed by atoms with Gasteiger partial charge in [0, 0.05) is 30.8 Å². The van der Waals surface area contributed by atoms with E-state index in [1.54, 1.807) is 12.1 Å². The quantitative estimate of drug-likeness (QED) is 0.750. The molecule has 0 bridgehead atoms. The van der Waals surface area contributed by atoms with Crippen LogP contribution in [0.4, 0.5) is 5.69 Å². The van der Waals surface area contributed by atoms with E-state index in [0.29, 0.717) is 18.0 Å². The van der Waals surface area contributed by atoms with Crippen molar-refractivity contribution in [2.24, 2.45) is 0 Å². The molecule has 0 radical (unpaired) electrons. The van der Waals surface area contributed by atoms with Crippen LogP contribution in [0.15, 0.2) is 24.2 Å². The van der Waals surface area contributed by atoms with Gasteiger partial charge < -0.3 is 9.64 Å². The Labute approximate surface area is 104 Å². The van der Waals surface area contributed by atoms with Gasteiger partial charge in [-0.2, -0.15) is 0 Å². The normalized spacial score (nSPS) is 16.8. The Kier molecular flexibility index (Phi) is 3.69. The van der Waals surface area contributed by atoms with E-state index >= 15 is 0 Å². The maximum absolute atomic E-state index is 11.8. The smallest absolute Gasteiger partial charge is 0.162 e. The summed E-state index contributed by atoms with van der Waals surface area (Å²) >= 11 is 0. The molecule has 0 amide bonds. The fourth-order valence-electron chi connectivity index (χ4n) is 1.97. The summed E-state index contributed by atoms with van der Waals surface area (Å²) in [6.07, 6.45) is 1.34. The molecular weight excluding hydrogens is 214 g/mol. The number of Topliss-reactive ketones (excluding diaryl/α,β-unsaturated/α-hetero) is 1. The van der Waals surface area contributed by atoms with Crippen molar-refractivity contribution in [1.29, 1.82) is 0 Å². The molecule has 0 aromatic heterocycles. The van der Waals surface area contributed by atoms with Gasteiger partial charge in [-0.05, 0) is 30.7 Å². The van der Waals surface area contributed by atoms with Gasteiger partial charge in [0.05, 0.1) is 14.6 Å². The van der Waals surface area contributed by atoms with E-state index < -0.39 is 0 Å². The van der Waals surface area contributed by atoms with Crippen molar-refractivity contribution in [1.82, 2.24) is 0 Å². The van der Waals surface area contributed by atoms with Crippen LogP contribution in [-0.4, -0.2) is 32.1 Å². The highest BCUT2D eigenvalue weighted by molar-refractivity contribution is 5.96. The molecule has 0 N–H and O–H groups in total. The number of benzene rings is 1. The van der Waals surface area contributed by atoms with Crippen molar-refractivity contribution < 1.29 is 10.9 Å². The Hall–Kier alpha value is -1.35. The molecule has 1 saturated heterocycles. The molecule has 1 heterocycles. The Morgan fingerprint density at radius 3 is 2.82 bits per heavy atom. The molecule has 1 aliphatic rings. The SMILES string of the molecule is [2H]c1cc(N2CCOCC2)ccc1C(=O)CCC. The minimum atomic E-state index is 0.0658. The minimum Gasteiger partial charge on any atom is -0.378 e. The Balaban J connectivity index is 2.16. The fraction of sp³-hybridized carbons (Fsp3) is 0.500. The molecule has 0 aliphatic carbocycles. The summed E-state index contributed by atoms with van der Waals surface area (Å²) < 4.78 is 13.3. The standard InChI is InChI=1S/C14H19NO2/c1-2-3-14(16)12-4-6-13(7-5-12)15-8-10-17-11-9-15/h4-7H,2-3,8-11H2,1H3/i4D. The zero-order valence-corrected chi connectivity index (χ0v) is 10.2. The second-order valence-electron chi connectivity index (χ2n) is 4.23. The zero-order valence-electron chi connectivity index (χ0n) is 11.2. The van der Waals surface area contributed by atoms with Crippen LogP contribution in [0.2, 0.25) is 0 Å². The van der Waals surface area contributed by atoms with Gasteiger partial charge in [0.2, 0.25) is 0 Å². The number of carbonyl (C=O) groups is 1. The summed E-state index contributed by atoms with van der Waals surface area (Å²) in [7, 11) is 0. The number of hydrogen-bond acceptors (Lipinski definition) is 3. The predicted octanol–water partition coefficient (Wildman–Crippen LogP) is 2.51. The van der Waals surface area contributed by atoms with Crippen LogP contribution >= 0.6 is 0 Å². The molecule has 1 aromatic carbocycles. The summed E-state index contributed by atoms with van der Waals surface area (Å²) in [4.78, 5) is 14.0. The molecule has 3 nitrogen and oxygen atoms in total. The molecule has 1 fully saturated rings. The molecule has 0 unspecified atom stereocenters. The minimum absolute atomic E-state index is 0.0658.